The van der Waals surface area contributed by atoms with Crippen molar-refractivity contribution in [2.45, 2.75) is 98.4 Å². The lowest BCUT2D eigenvalue weighted by Crippen LogP contribution is -2.32. The predicted octanol–water partition coefficient (Wildman–Crippen LogP) is 4.46. The Hall–Kier alpha value is -3.14. The van der Waals surface area contributed by atoms with Crippen molar-refractivity contribution in [1.29, 1.82) is 0 Å². The molecule has 228 valence electrons. The molecule has 0 saturated carbocycles. The number of amides is 1. The van der Waals surface area contributed by atoms with E-state index in [2.05, 4.69) is 25.2 Å². The molecule has 41 heavy (non-hydrogen) atoms. The molecule has 0 bridgehead atoms. The van der Waals surface area contributed by atoms with E-state index in [4.69, 9.17) is 14.2 Å². The third-order valence-corrected chi connectivity index (χ3v) is 8.07. The Morgan fingerprint density at radius 1 is 1.10 bits per heavy atom. The average Bonchev–Trinajstić information content (AvgIpc) is 3.55. The third kappa shape index (κ3) is 9.18. The number of carboxylic acids is 1. The van der Waals surface area contributed by atoms with E-state index in [1.165, 1.54) is 18.2 Å². The zero-order valence-electron chi connectivity index (χ0n) is 25.3. The van der Waals surface area contributed by atoms with E-state index < -0.39 is 29.3 Å². The third-order valence-electron chi connectivity index (χ3n) is 8.07. The maximum atomic E-state index is 12.8. The highest BCUT2D eigenvalue weighted by atomic mass is 16.6. The van der Waals surface area contributed by atoms with Gasteiger partial charge in [-0.15, -0.1) is 0 Å². The molecule has 0 aromatic heterocycles. The second kappa shape index (κ2) is 13.7. The summed E-state index contributed by atoms with van der Waals surface area (Å²) in [5.41, 5.74) is 2.76. The molecule has 0 spiro atoms. The second-order valence-corrected chi connectivity index (χ2v) is 13.1. The lowest BCUT2D eigenvalue weighted by Gasteiger charge is -2.28. The summed E-state index contributed by atoms with van der Waals surface area (Å²) in [7, 11) is 1.34. The summed E-state index contributed by atoms with van der Waals surface area (Å²) in [4.78, 5) is 50.2. The number of nitrogens with zero attached hydrogens (tertiary/aromatic N) is 1. The molecule has 2 heterocycles. The number of benzene rings is 1. The highest BCUT2D eigenvalue weighted by molar-refractivity contribution is 5.79. The molecule has 1 aromatic carbocycles. The first kappa shape index (κ1) is 32.4. The van der Waals surface area contributed by atoms with E-state index in [0.717, 1.165) is 31.2 Å². The van der Waals surface area contributed by atoms with Crippen LogP contribution in [0.25, 0.3) is 0 Å². The number of fused-ring (bicyclic) bond motifs is 1. The van der Waals surface area contributed by atoms with Crippen LogP contribution in [-0.2, 0) is 48.1 Å². The van der Waals surface area contributed by atoms with Crippen LogP contribution in [-0.4, -0.2) is 66.4 Å². The number of esters is 2. The number of hydrogen-bond acceptors (Lipinski definition) is 8. The van der Waals surface area contributed by atoms with Gasteiger partial charge in [0.05, 0.1) is 26.1 Å². The van der Waals surface area contributed by atoms with E-state index >= 15 is 0 Å². The quantitative estimate of drug-likeness (QED) is 0.211. The minimum absolute atomic E-state index is 0.135. The largest absolute Gasteiger partial charge is 0.481 e. The van der Waals surface area contributed by atoms with Crippen LogP contribution in [0.1, 0.15) is 83.4 Å². The van der Waals surface area contributed by atoms with Crippen LogP contribution in [0.15, 0.2) is 18.2 Å². The monoisotopic (exact) mass is 574 g/mol. The molecule has 1 aromatic rings. The van der Waals surface area contributed by atoms with Crippen LogP contribution in [0.5, 0.6) is 0 Å². The van der Waals surface area contributed by atoms with Gasteiger partial charge in [-0.05, 0) is 46.8 Å². The summed E-state index contributed by atoms with van der Waals surface area (Å²) in [5, 5.41) is 12.5. The molecule has 2 aliphatic heterocycles. The van der Waals surface area contributed by atoms with Crippen molar-refractivity contribution in [3.05, 3.63) is 34.9 Å². The van der Waals surface area contributed by atoms with Gasteiger partial charge in [0.25, 0.3) is 0 Å². The topological polar surface area (TPSA) is 131 Å². The van der Waals surface area contributed by atoms with Crippen LogP contribution in [0, 0.1) is 16.7 Å². The summed E-state index contributed by atoms with van der Waals surface area (Å²) >= 11 is 0. The molecule has 10 nitrogen and oxygen atoms in total. The zero-order valence-corrected chi connectivity index (χ0v) is 25.3. The summed E-state index contributed by atoms with van der Waals surface area (Å²) in [6.07, 6.45) is 3.15. The van der Waals surface area contributed by atoms with Gasteiger partial charge in [0, 0.05) is 26.1 Å². The highest BCUT2D eigenvalue weighted by Gasteiger charge is 2.36. The number of nitrogens with one attached hydrogen (secondary N) is 1. The van der Waals surface area contributed by atoms with Gasteiger partial charge in [-0.25, -0.2) is 4.79 Å². The molecule has 2 aliphatic rings. The molecule has 0 aliphatic carbocycles. The minimum atomic E-state index is -0.985. The molecule has 10 heteroatoms. The number of aryl methyl sites for hydroxylation is 1. The highest BCUT2D eigenvalue weighted by Crippen LogP contribution is 2.31. The average molecular weight is 575 g/mol. The maximum absolute atomic E-state index is 12.8. The van der Waals surface area contributed by atoms with Gasteiger partial charge in [-0.3, -0.25) is 19.3 Å². The van der Waals surface area contributed by atoms with Gasteiger partial charge < -0.3 is 24.6 Å². The van der Waals surface area contributed by atoms with Crippen LogP contribution in [0.2, 0.25) is 0 Å². The number of ether oxygens (including phenoxy) is 3. The lowest BCUT2D eigenvalue weighted by molar-refractivity contribution is -0.156. The Morgan fingerprint density at radius 2 is 1.83 bits per heavy atom. The smallest absolute Gasteiger partial charge is 0.410 e. The predicted molar refractivity (Wildman–Crippen MR) is 152 cm³/mol. The van der Waals surface area contributed by atoms with Crippen molar-refractivity contribution in [3.8, 4) is 0 Å². The van der Waals surface area contributed by atoms with E-state index in [0.29, 0.717) is 26.1 Å². The van der Waals surface area contributed by atoms with Crippen molar-refractivity contribution in [2.75, 3.05) is 20.3 Å². The second-order valence-electron chi connectivity index (χ2n) is 13.1. The van der Waals surface area contributed by atoms with Crippen LogP contribution in [0.4, 0.5) is 4.79 Å². The van der Waals surface area contributed by atoms with E-state index in [1.807, 2.05) is 32.9 Å². The maximum Gasteiger partial charge on any atom is 0.410 e. The van der Waals surface area contributed by atoms with Gasteiger partial charge in [-0.2, -0.15) is 0 Å². The molecular weight excluding hydrogens is 528 g/mol. The molecule has 0 unspecified atom stereocenters. The van der Waals surface area contributed by atoms with E-state index in [-0.39, 0.29) is 36.6 Å². The number of aliphatic carboxylic acids is 1. The standard InChI is InChI=1S/C31H46N2O8/c1-30(2,3)24(27(35)36)15-26(34)40-19-31(4,5)13-8-7-10-20-11-9-12-21-17-33(18-23(20)21)29(38)41-22-14-25(32-16-22)28(37)39-6/h9,11-12,22,24-25,32H,7-8,10,13-19H2,1-6H3,(H,35,36)/t22-,24-,25+/m1/s1. The van der Waals surface area contributed by atoms with E-state index in [9.17, 15) is 24.3 Å². The number of carboxylic acid groups (broad SMARTS) is 1. The van der Waals surface area contributed by atoms with Crippen LogP contribution >= 0.6 is 0 Å². The molecule has 0 radical (unpaired) electrons. The Morgan fingerprint density at radius 3 is 2.49 bits per heavy atom. The SMILES string of the molecule is COC(=O)[C@@H]1C[C@@H](OC(=O)N2Cc3cccc(CCCCC(C)(C)COC(=O)C[C@H](C(=O)O)C(C)(C)C)c3C2)CN1. The summed E-state index contributed by atoms with van der Waals surface area (Å²) in [6.45, 7) is 11.2. The minimum Gasteiger partial charge on any atom is -0.481 e. The van der Waals surface area contributed by atoms with Gasteiger partial charge in [-0.1, -0.05) is 59.2 Å². The van der Waals surface area contributed by atoms with Crippen molar-refractivity contribution >= 4 is 24.0 Å². The fourth-order valence-electron chi connectivity index (χ4n) is 5.44. The molecular formula is C31H46N2O8. The van der Waals surface area contributed by atoms with Crippen molar-refractivity contribution in [2.24, 2.45) is 16.7 Å². The number of unbranched alkanes of at least 4 members (excludes halogenated alkanes) is 1. The molecule has 2 N–H and O–H groups in total. The van der Waals surface area contributed by atoms with Crippen molar-refractivity contribution in [1.82, 2.24) is 10.2 Å². The van der Waals surface area contributed by atoms with Gasteiger partial charge in [0.1, 0.15) is 12.1 Å². The first-order valence-electron chi connectivity index (χ1n) is 14.4. The molecule has 1 saturated heterocycles. The molecule has 3 rings (SSSR count). The summed E-state index contributed by atoms with van der Waals surface area (Å²) < 4.78 is 15.9. The van der Waals surface area contributed by atoms with Gasteiger partial charge in [0.2, 0.25) is 0 Å². The van der Waals surface area contributed by atoms with Crippen LogP contribution < -0.4 is 5.32 Å². The van der Waals surface area contributed by atoms with Crippen LogP contribution in [0.3, 0.4) is 0 Å². The lowest BCUT2D eigenvalue weighted by atomic mass is 9.79. The Labute approximate surface area is 243 Å². The normalized spacial score (nSPS) is 19.4. The Kier molecular flexibility index (Phi) is 10.8. The summed E-state index contributed by atoms with van der Waals surface area (Å²) in [6, 6.07) is 5.73. The first-order valence-corrected chi connectivity index (χ1v) is 14.4. The van der Waals surface area contributed by atoms with Gasteiger partial charge >= 0.3 is 24.0 Å². The zero-order chi connectivity index (χ0) is 30.4. The number of hydrogen-bond donors (Lipinski definition) is 2. The van der Waals surface area contributed by atoms with E-state index in [1.54, 1.807) is 4.90 Å². The fourth-order valence-corrected chi connectivity index (χ4v) is 5.44. The first-order chi connectivity index (χ1) is 19.2. The van der Waals surface area contributed by atoms with Gasteiger partial charge in [0.15, 0.2) is 0 Å². The summed E-state index contributed by atoms with van der Waals surface area (Å²) in [5.74, 6) is -2.60. The number of carbonyl (C=O) groups excluding carboxylic acids is 3. The number of rotatable bonds is 12. The Balaban J connectivity index is 1.43. The number of carbonyl (C=O) groups is 4. The number of methoxy groups -OCH3 is 1. The molecule has 1 fully saturated rings. The fraction of sp³-hybridized carbons (Fsp3) is 0.677. The van der Waals surface area contributed by atoms with Crippen molar-refractivity contribution < 1.29 is 38.5 Å². The molecule has 1 amide bonds. The molecule has 3 atom stereocenters. The van der Waals surface area contributed by atoms with Crippen molar-refractivity contribution in [3.63, 3.8) is 0 Å². The Bertz CT molecular complexity index is 1110.